The molecule has 0 atom stereocenters. The first-order valence-corrected chi connectivity index (χ1v) is 8.58. The number of fused-ring (bicyclic) bond motifs is 1. The van der Waals surface area contributed by atoms with Gasteiger partial charge in [-0.1, -0.05) is 48.5 Å². The zero-order chi connectivity index (χ0) is 16.1. The van der Waals surface area contributed by atoms with E-state index in [1.54, 1.807) is 11.3 Å². The van der Waals surface area contributed by atoms with Gasteiger partial charge in [-0.2, -0.15) is 0 Å². The van der Waals surface area contributed by atoms with Crippen LogP contribution in [0.4, 0.5) is 0 Å². The molecule has 1 amide bonds. The number of carbonyl (C=O) groups excluding carboxylic acids is 1. The van der Waals surface area contributed by atoms with Gasteiger partial charge in [-0.05, 0) is 40.0 Å². The summed E-state index contributed by atoms with van der Waals surface area (Å²) < 4.78 is 0. The van der Waals surface area contributed by atoms with Gasteiger partial charge in [0.1, 0.15) is 0 Å². The van der Waals surface area contributed by atoms with Gasteiger partial charge in [0.2, 0.25) is 5.91 Å². The molecule has 23 heavy (non-hydrogen) atoms. The van der Waals surface area contributed by atoms with E-state index in [9.17, 15) is 4.79 Å². The van der Waals surface area contributed by atoms with Crippen LogP contribution in [-0.4, -0.2) is 11.0 Å². The third kappa shape index (κ3) is 4.15. The molecule has 0 saturated heterocycles. The summed E-state index contributed by atoms with van der Waals surface area (Å²) >= 11 is 6.83. The Morgan fingerprint density at radius 3 is 2.70 bits per heavy atom. The van der Waals surface area contributed by atoms with E-state index in [1.807, 2.05) is 60.0 Å². The molecule has 0 saturated carbocycles. The molecule has 0 unspecified atom stereocenters. The van der Waals surface area contributed by atoms with Crippen molar-refractivity contribution in [3.8, 4) is 0 Å². The summed E-state index contributed by atoms with van der Waals surface area (Å²) in [5.41, 5.74) is 1.00. The topological polar surface area (TPSA) is 41.1 Å². The number of amides is 1. The minimum atomic E-state index is -0.106. The van der Waals surface area contributed by atoms with E-state index in [4.69, 9.17) is 12.2 Å². The molecule has 3 aromatic rings. The maximum Gasteiger partial charge on any atom is 0.230 e. The molecule has 116 valence electrons. The monoisotopic (exact) mass is 340 g/mol. The van der Waals surface area contributed by atoms with E-state index in [0.29, 0.717) is 18.1 Å². The predicted molar refractivity (Wildman–Crippen MR) is 99.6 cm³/mol. The van der Waals surface area contributed by atoms with Crippen LogP contribution in [0.3, 0.4) is 0 Å². The Morgan fingerprint density at radius 1 is 1.04 bits per heavy atom. The molecule has 2 N–H and O–H groups in total. The second-order valence-electron chi connectivity index (χ2n) is 5.13. The fourth-order valence-electron chi connectivity index (χ4n) is 2.42. The van der Waals surface area contributed by atoms with Gasteiger partial charge in [0.25, 0.3) is 0 Å². The molecular weight excluding hydrogens is 324 g/mol. The van der Waals surface area contributed by atoms with E-state index >= 15 is 0 Å². The molecule has 2 aromatic carbocycles. The molecule has 1 heterocycles. The molecule has 5 heteroatoms. The number of carbonyl (C=O) groups is 1. The lowest BCUT2D eigenvalue weighted by Gasteiger charge is -2.10. The minimum absolute atomic E-state index is 0.106. The molecule has 1 aromatic heterocycles. The van der Waals surface area contributed by atoms with Gasteiger partial charge in [-0.25, -0.2) is 0 Å². The first kappa shape index (κ1) is 15.6. The highest BCUT2D eigenvalue weighted by Crippen LogP contribution is 2.18. The van der Waals surface area contributed by atoms with Crippen LogP contribution in [0.1, 0.15) is 10.4 Å². The quantitative estimate of drug-likeness (QED) is 0.713. The van der Waals surface area contributed by atoms with Crippen molar-refractivity contribution in [1.82, 2.24) is 10.6 Å². The number of thiocarbonyl (C=S) groups is 1. The van der Waals surface area contributed by atoms with Crippen LogP contribution in [0.15, 0.2) is 60.0 Å². The standard InChI is InChI=1S/C18H16N2OS2/c21-17(20-18(22)19-12-15-8-4-10-23-15)11-14-7-3-6-13-5-1-2-9-16(13)14/h1-10H,11-12H2,(H2,19,20,21,22). The summed E-state index contributed by atoms with van der Waals surface area (Å²) in [7, 11) is 0. The molecule has 0 aliphatic rings. The summed E-state index contributed by atoms with van der Waals surface area (Å²) in [5, 5.41) is 10.4. The van der Waals surface area contributed by atoms with Crippen molar-refractivity contribution in [2.24, 2.45) is 0 Å². The third-order valence-corrected chi connectivity index (χ3v) is 4.61. The summed E-state index contributed by atoms with van der Waals surface area (Å²) in [6.45, 7) is 0.630. The first-order valence-electron chi connectivity index (χ1n) is 7.29. The van der Waals surface area contributed by atoms with Crippen LogP contribution in [0.25, 0.3) is 10.8 Å². The Morgan fingerprint density at radius 2 is 1.87 bits per heavy atom. The van der Waals surface area contributed by atoms with E-state index in [2.05, 4.69) is 10.6 Å². The van der Waals surface area contributed by atoms with Crippen molar-refractivity contribution in [3.63, 3.8) is 0 Å². The van der Waals surface area contributed by atoms with Gasteiger partial charge < -0.3 is 10.6 Å². The summed E-state index contributed by atoms with van der Waals surface area (Å²) in [5.74, 6) is -0.106. The van der Waals surface area contributed by atoms with Gasteiger partial charge in [0.15, 0.2) is 5.11 Å². The highest BCUT2D eigenvalue weighted by molar-refractivity contribution is 7.80. The van der Waals surface area contributed by atoms with Crippen LogP contribution < -0.4 is 10.6 Å². The summed E-state index contributed by atoms with van der Waals surface area (Å²) in [4.78, 5) is 13.4. The fourth-order valence-corrected chi connectivity index (χ4v) is 3.25. The average Bonchev–Trinajstić information content (AvgIpc) is 3.07. The van der Waals surface area contributed by atoms with E-state index in [0.717, 1.165) is 16.3 Å². The van der Waals surface area contributed by atoms with Crippen molar-refractivity contribution in [2.45, 2.75) is 13.0 Å². The molecule has 0 spiro atoms. The van der Waals surface area contributed by atoms with Crippen molar-refractivity contribution in [2.75, 3.05) is 0 Å². The van der Waals surface area contributed by atoms with Crippen LogP contribution in [-0.2, 0) is 17.8 Å². The van der Waals surface area contributed by atoms with Crippen molar-refractivity contribution in [3.05, 3.63) is 70.4 Å². The smallest absolute Gasteiger partial charge is 0.230 e. The molecule has 0 aliphatic heterocycles. The molecule has 3 nitrogen and oxygen atoms in total. The highest BCUT2D eigenvalue weighted by atomic mass is 32.1. The van der Waals surface area contributed by atoms with E-state index < -0.39 is 0 Å². The van der Waals surface area contributed by atoms with Crippen LogP contribution in [0.2, 0.25) is 0 Å². The van der Waals surface area contributed by atoms with Gasteiger partial charge in [-0.15, -0.1) is 11.3 Å². The van der Waals surface area contributed by atoms with E-state index in [1.165, 1.54) is 4.88 Å². The molecular formula is C18H16N2OS2. The zero-order valence-corrected chi connectivity index (χ0v) is 14.0. The lowest BCUT2D eigenvalue weighted by atomic mass is 10.0. The predicted octanol–water partition coefficient (Wildman–Crippen LogP) is 3.63. The van der Waals surface area contributed by atoms with Crippen molar-refractivity contribution >= 4 is 45.3 Å². The van der Waals surface area contributed by atoms with Crippen LogP contribution >= 0.6 is 23.6 Å². The number of benzene rings is 2. The van der Waals surface area contributed by atoms with E-state index in [-0.39, 0.29) is 5.91 Å². The maximum absolute atomic E-state index is 12.2. The zero-order valence-electron chi connectivity index (χ0n) is 12.4. The second-order valence-corrected chi connectivity index (χ2v) is 6.57. The number of hydrogen-bond donors (Lipinski definition) is 2. The Labute approximate surface area is 144 Å². The SMILES string of the molecule is O=C(Cc1cccc2ccccc12)NC(=S)NCc1cccs1. The Hall–Kier alpha value is -2.24. The number of rotatable bonds is 4. The number of nitrogens with one attached hydrogen (secondary N) is 2. The normalized spacial score (nSPS) is 10.4. The second kappa shape index (κ2) is 7.35. The minimum Gasteiger partial charge on any atom is -0.357 e. The largest absolute Gasteiger partial charge is 0.357 e. The Bertz CT molecular complexity index is 823. The van der Waals surface area contributed by atoms with Gasteiger partial charge in [0.05, 0.1) is 13.0 Å². The summed E-state index contributed by atoms with van der Waals surface area (Å²) in [6, 6.07) is 18.1. The molecule has 0 aliphatic carbocycles. The van der Waals surface area contributed by atoms with Crippen LogP contribution in [0.5, 0.6) is 0 Å². The Kier molecular flexibility index (Phi) is 5.00. The first-order chi connectivity index (χ1) is 11.2. The molecule has 0 bridgehead atoms. The van der Waals surface area contributed by atoms with Gasteiger partial charge in [-0.3, -0.25) is 4.79 Å². The molecule has 0 fully saturated rings. The fraction of sp³-hybridized carbons (Fsp3) is 0.111. The molecule has 3 rings (SSSR count). The van der Waals surface area contributed by atoms with Gasteiger partial charge >= 0.3 is 0 Å². The van der Waals surface area contributed by atoms with Crippen molar-refractivity contribution in [1.29, 1.82) is 0 Å². The number of thiophene rings is 1. The summed E-state index contributed by atoms with van der Waals surface area (Å²) in [6.07, 6.45) is 0.308. The van der Waals surface area contributed by atoms with Crippen LogP contribution in [0, 0.1) is 0 Å². The lowest BCUT2D eigenvalue weighted by molar-refractivity contribution is -0.119. The number of hydrogen-bond acceptors (Lipinski definition) is 3. The Balaban J connectivity index is 1.59. The van der Waals surface area contributed by atoms with Crippen molar-refractivity contribution < 1.29 is 4.79 Å². The average molecular weight is 340 g/mol. The lowest BCUT2D eigenvalue weighted by Crippen LogP contribution is -2.39. The maximum atomic E-state index is 12.2. The van der Waals surface area contributed by atoms with Gasteiger partial charge in [0, 0.05) is 4.88 Å². The third-order valence-electron chi connectivity index (χ3n) is 3.49. The highest BCUT2D eigenvalue weighted by Gasteiger charge is 2.08. The molecule has 0 radical (unpaired) electrons.